The molecule has 0 N–H and O–H groups in total. The Morgan fingerprint density at radius 3 is 2.62 bits per heavy atom. The van der Waals surface area contributed by atoms with Gasteiger partial charge in [0.15, 0.2) is 6.29 Å². The molecule has 2 aromatic carbocycles. The van der Waals surface area contributed by atoms with Crippen LogP contribution in [0.25, 0.3) is 0 Å². The number of carbonyl (C=O) groups excluding carboxylic acids is 1. The van der Waals surface area contributed by atoms with Crippen molar-refractivity contribution >= 4 is 6.29 Å². The molecule has 0 saturated carbocycles. The van der Waals surface area contributed by atoms with Gasteiger partial charge in [0.25, 0.3) is 0 Å². The van der Waals surface area contributed by atoms with Crippen LogP contribution in [0.3, 0.4) is 0 Å². The minimum atomic E-state index is -0.208. The van der Waals surface area contributed by atoms with Crippen LogP contribution >= 0.6 is 0 Å². The predicted molar refractivity (Wildman–Crippen MR) is 77.6 cm³/mol. The molecular weight excluding hydrogens is 268 g/mol. The highest BCUT2D eigenvalue weighted by atomic mass is 16.8. The summed E-state index contributed by atoms with van der Waals surface area (Å²) in [6.07, 6.45) is 0.670. The highest BCUT2D eigenvalue weighted by Gasteiger charge is 2.36. The van der Waals surface area contributed by atoms with E-state index in [1.807, 2.05) is 37.3 Å². The van der Waals surface area contributed by atoms with Crippen LogP contribution in [0.5, 0.6) is 11.5 Å². The quantitative estimate of drug-likeness (QED) is 0.603. The predicted octanol–water partition coefficient (Wildman–Crippen LogP) is 3.20. The fourth-order valence-electron chi connectivity index (χ4n) is 1.98. The average molecular weight is 284 g/mol. The maximum Gasteiger partial charge on any atom is 0.226 e. The molecule has 1 fully saturated rings. The van der Waals surface area contributed by atoms with Crippen LogP contribution in [0.2, 0.25) is 0 Å². The molecule has 0 aromatic heterocycles. The second-order valence-electron chi connectivity index (χ2n) is 4.92. The van der Waals surface area contributed by atoms with Crippen molar-refractivity contribution in [2.75, 3.05) is 0 Å². The molecule has 0 amide bonds. The largest absolute Gasteiger partial charge is 0.488 e. The molecule has 0 aliphatic carbocycles. The van der Waals surface area contributed by atoms with E-state index in [0.29, 0.717) is 23.7 Å². The number of benzene rings is 2. The van der Waals surface area contributed by atoms with Crippen molar-refractivity contribution in [3.05, 3.63) is 59.7 Å². The second-order valence-corrected chi connectivity index (χ2v) is 4.92. The van der Waals surface area contributed by atoms with E-state index >= 15 is 0 Å². The molecule has 21 heavy (non-hydrogen) atoms. The number of ether oxygens (including phenoxy) is 3. The summed E-state index contributed by atoms with van der Waals surface area (Å²) in [5, 5.41) is 0. The highest BCUT2D eigenvalue weighted by molar-refractivity contribution is 5.80. The summed E-state index contributed by atoms with van der Waals surface area (Å²) in [4.78, 5) is 11.2. The number of hydrogen-bond donors (Lipinski definition) is 0. The van der Waals surface area contributed by atoms with Crippen molar-refractivity contribution in [3.8, 4) is 11.5 Å². The lowest BCUT2D eigenvalue weighted by Crippen LogP contribution is -2.03. The molecule has 4 heteroatoms. The maximum absolute atomic E-state index is 11.2. The first-order valence-corrected chi connectivity index (χ1v) is 6.84. The molecule has 108 valence electrons. The Kier molecular flexibility index (Phi) is 3.88. The van der Waals surface area contributed by atoms with E-state index in [1.54, 1.807) is 18.2 Å². The summed E-state index contributed by atoms with van der Waals surface area (Å²) < 4.78 is 16.4. The number of carbonyl (C=O) groups is 1. The Hall–Kier alpha value is -2.33. The van der Waals surface area contributed by atoms with Gasteiger partial charge >= 0.3 is 0 Å². The van der Waals surface area contributed by atoms with E-state index in [2.05, 4.69) is 0 Å². The highest BCUT2D eigenvalue weighted by Crippen LogP contribution is 2.29. The van der Waals surface area contributed by atoms with Gasteiger partial charge in [-0.15, -0.1) is 0 Å². The van der Waals surface area contributed by atoms with Crippen LogP contribution in [0.1, 0.15) is 22.8 Å². The van der Waals surface area contributed by atoms with Gasteiger partial charge in [-0.25, -0.2) is 0 Å². The molecule has 1 aliphatic rings. The minimum Gasteiger partial charge on any atom is -0.488 e. The van der Waals surface area contributed by atoms with Gasteiger partial charge in [0, 0.05) is 0 Å². The molecule has 1 aliphatic heterocycles. The average Bonchev–Trinajstić information content (AvgIpc) is 3.21. The lowest BCUT2D eigenvalue weighted by molar-refractivity contribution is 0.111. The topological polar surface area (TPSA) is 48.1 Å². The van der Waals surface area contributed by atoms with Gasteiger partial charge in [0.2, 0.25) is 6.29 Å². The molecule has 1 saturated heterocycles. The van der Waals surface area contributed by atoms with Crippen LogP contribution < -0.4 is 9.47 Å². The first-order valence-electron chi connectivity index (χ1n) is 6.84. The molecule has 0 spiro atoms. The third kappa shape index (κ3) is 3.41. The summed E-state index contributed by atoms with van der Waals surface area (Å²) in [6.45, 7) is 2.35. The lowest BCUT2D eigenvalue weighted by Gasteiger charge is -2.10. The minimum absolute atomic E-state index is 0.110. The first kappa shape index (κ1) is 13.6. The van der Waals surface area contributed by atoms with Crippen LogP contribution in [-0.4, -0.2) is 18.7 Å². The molecule has 2 atom stereocenters. The first-order chi connectivity index (χ1) is 10.3. The Labute approximate surface area is 123 Å². The van der Waals surface area contributed by atoms with E-state index in [4.69, 9.17) is 14.2 Å². The van der Waals surface area contributed by atoms with Crippen LogP contribution in [0, 0.1) is 0 Å². The third-order valence-corrected chi connectivity index (χ3v) is 3.25. The standard InChI is InChI=1S/C17H16O4/c1-12-17(20-12)21-15-7-8-16(14(9-15)10-18)19-11-13-5-3-2-4-6-13/h2-10,12,17H,11H2,1H3. The lowest BCUT2D eigenvalue weighted by atomic mass is 10.2. The van der Waals surface area contributed by atoms with E-state index < -0.39 is 0 Å². The molecule has 0 bridgehead atoms. The van der Waals surface area contributed by atoms with E-state index in [1.165, 1.54) is 0 Å². The number of rotatable bonds is 6. The van der Waals surface area contributed by atoms with Crippen molar-refractivity contribution in [1.82, 2.24) is 0 Å². The monoisotopic (exact) mass is 284 g/mol. The molecule has 2 unspecified atom stereocenters. The molecule has 0 radical (unpaired) electrons. The van der Waals surface area contributed by atoms with Gasteiger partial charge in [-0.2, -0.15) is 0 Å². The normalized spacial score (nSPS) is 19.9. The molecule has 3 rings (SSSR count). The summed E-state index contributed by atoms with van der Waals surface area (Å²) >= 11 is 0. The zero-order valence-electron chi connectivity index (χ0n) is 11.7. The summed E-state index contributed by atoms with van der Waals surface area (Å²) in [5.74, 6) is 1.16. The number of aldehydes is 1. The second kappa shape index (κ2) is 5.97. The molecule has 2 aromatic rings. The van der Waals surface area contributed by atoms with Gasteiger partial charge in [-0.1, -0.05) is 30.3 Å². The van der Waals surface area contributed by atoms with Gasteiger partial charge in [-0.05, 0) is 30.7 Å². The summed E-state index contributed by atoms with van der Waals surface area (Å²) in [6, 6.07) is 15.0. The molecular formula is C17H16O4. The Balaban J connectivity index is 1.68. The smallest absolute Gasteiger partial charge is 0.226 e. The van der Waals surface area contributed by atoms with E-state index in [0.717, 1.165) is 11.8 Å². The summed E-state index contributed by atoms with van der Waals surface area (Å²) in [7, 11) is 0. The maximum atomic E-state index is 11.2. The van der Waals surface area contributed by atoms with Gasteiger partial charge in [0.05, 0.1) is 5.56 Å². The number of hydrogen-bond acceptors (Lipinski definition) is 4. The van der Waals surface area contributed by atoms with Crippen LogP contribution in [0.4, 0.5) is 0 Å². The van der Waals surface area contributed by atoms with Gasteiger partial charge in [-0.3, -0.25) is 4.79 Å². The SMILES string of the molecule is CC1OC1Oc1ccc(OCc2ccccc2)c(C=O)c1. The zero-order valence-corrected chi connectivity index (χ0v) is 11.7. The zero-order chi connectivity index (χ0) is 14.7. The van der Waals surface area contributed by atoms with E-state index in [-0.39, 0.29) is 12.4 Å². The van der Waals surface area contributed by atoms with Crippen molar-refractivity contribution in [1.29, 1.82) is 0 Å². The summed E-state index contributed by atoms with van der Waals surface area (Å²) in [5.41, 5.74) is 1.52. The van der Waals surface area contributed by atoms with Crippen LogP contribution in [-0.2, 0) is 11.3 Å². The Morgan fingerprint density at radius 1 is 1.19 bits per heavy atom. The Bertz CT molecular complexity index is 624. The number of epoxide rings is 1. The van der Waals surface area contributed by atoms with E-state index in [9.17, 15) is 4.79 Å². The fourth-order valence-corrected chi connectivity index (χ4v) is 1.98. The Morgan fingerprint density at radius 2 is 1.95 bits per heavy atom. The fraction of sp³-hybridized carbons (Fsp3) is 0.235. The third-order valence-electron chi connectivity index (χ3n) is 3.25. The van der Waals surface area contributed by atoms with Gasteiger partial charge < -0.3 is 14.2 Å². The van der Waals surface area contributed by atoms with Crippen molar-refractivity contribution < 1.29 is 19.0 Å². The molecule has 4 nitrogen and oxygen atoms in total. The van der Waals surface area contributed by atoms with Crippen molar-refractivity contribution in [3.63, 3.8) is 0 Å². The van der Waals surface area contributed by atoms with Crippen molar-refractivity contribution in [2.24, 2.45) is 0 Å². The van der Waals surface area contributed by atoms with Crippen molar-refractivity contribution in [2.45, 2.75) is 25.9 Å². The molecule has 1 heterocycles. The van der Waals surface area contributed by atoms with Gasteiger partial charge in [0.1, 0.15) is 24.2 Å². The van der Waals surface area contributed by atoms with Crippen LogP contribution in [0.15, 0.2) is 48.5 Å².